The van der Waals surface area contributed by atoms with Gasteiger partial charge in [-0.25, -0.2) is 0 Å². The highest BCUT2D eigenvalue weighted by Gasteiger charge is 2.23. The second-order valence-corrected chi connectivity index (χ2v) is 6.50. The average molecular weight is 261 g/mol. The molecule has 1 heterocycles. The molecule has 1 nitrogen and oxygen atoms in total. The molecule has 1 atom stereocenters. The predicted octanol–water partition coefficient (Wildman–Crippen LogP) is 5.39. The lowest BCUT2D eigenvalue weighted by Crippen LogP contribution is -2.13. The highest BCUT2D eigenvalue weighted by Crippen LogP contribution is 2.39. The van der Waals surface area contributed by atoms with Gasteiger partial charge in [-0.3, -0.25) is 0 Å². The molecule has 0 fully saturated rings. The molecule has 0 bridgehead atoms. The Morgan fingerprint density at radius 3 is 2.61 bits per heavy atom. The van der Waals surface area contributed by atoms with Crippen LogP contribution in [-0.4, -0.2) is 4.98 Å². The summed E-state index contributed by atoms with van der Waals surface area (Å²) < 4.78 is 0. The van der Waals surface area contributed by atoms with Crippen molar-refractivity contribution in [3.05, 3.63) is 29.8 Å². The first kappa shape index (κ1) is 13.5. The molecule has 0 radical (unpaired) electrons. The fourth-order valence-corrected chi connectivity index (χ4v) is 3.18. The highest BCUT2D eigenvalue weighted by atomic mass is 32.1. The number of nitrogens with one attached hydrogen (secondary N) is 1. The summed E-state index contributed by atoms with van der Waals surface area (Å²) in [6.07, 6.45) is 2.40. The van der Waals surface area contributed by atoms with E-state index in [2.05, 4.69) is 69.6 Å². The van der Waals surface area contributed by atoms with Crippen LogP contribution >= 0.6 is 12.6 Å². The van der Waals surface area contributed by atoms with Crippen LogP contribution < -0.4 is 0 Å². The smallest absolute Gasteiger partial charge is 0.0736 e. The zero-order valence-electron chi connectivity index (χ0n) is 11.7. The van der Waals surface area contributed by atoms with Gasteiger partial charge in [0, 0.05) is 10.9 Å². The Morgan fingerprint density at radius 1 is 1.28 bits per heavy atom. The molecule has 2 rings (SSSR count). The van der Waals surface area contributed by atoms with Crippen molar-refractivity contribution < 1.29 is 0 Å². The van der Waals surface area contributed by atoms with Gasteiger partial charge in [0.05, 0.1) is 5.03 Å². The van der Waals surface area contributed by atoms with Gasteiger partial charge in [0.1, 0.15) is 0 Å². The molecule has 1 N–H and O–H groups in total. The number of fused-ring (bicyclic) bond motifs is 1. The summed E-state index contributed by atoms with van der Waals surface area (Å²) >= 11 is 4.62. The Kier molecular flexibility index (Phi) is 3.76. The van der Waals surface area contributed by atoms with Gasteiger partial charge in [0.15, 0.2) is 0 Å². The molecule has 0 spiro atoms. The SMILES string of the molecule is CCC(C)(C)CC(C)c1c(S)[nH]c2ccccc12. The number of aromatic nitrogens is 1. The van der Waals surface area contributed by atoms with Gasteiger partial charge in [-0.05, 0) is 29.4 Å². The van der Waals surface area contributed by atoms with Gasteiger partial charge < -0.3 is 4.98 Å². The van der Waals surface area contributed by atoms with Crippen molar-refractivity contribution >= 4 is 23.5 Å². The van der Waals surface area contributed by atoms with Gasteiger partial charge in [0.2, 0.25) is 0 Å². The van der Waals surface area contributed by atoms with Crippen molar-refractivity contribution in [3.8, 4) is 0 Å². The van der Waals surface area contributed by atoms with Crippen LogP contribution in [0.25, 0.3) is 10.9 Å². The van der Waals surface area contributed by atoms with Crippen molar-refractivity contribution in [2.75, 3.05) is 0 Å². The number of hydrogen-bond donors (Lipinski definition) is 2. The minimum absolute atomic E-state index is 0.387. The molecule has 98 valence electrons. The lowest BCUT2D eigenvalue weighted by molar-refractivity contribution is 0.299. The normalized spacial score (nSPS) is 14.1. The van der Waals surface area contributed by atoms with Crippen molar-refractivity contribution in [1.29, 1.82) is 0 Å². The molecule has 0 saturated heterocycles. The van der Waals surface area contributed by atoms with Crippen molar-refractivity contribution in [2.45, 2.75) is 51.5 Å². The summed E-state index contributed by atoms with van der Waals surface area (Å²) in [4.78, 5) is 3.38. The van der Waals surface area contributed by atoms with E-state index in [-0.39, 0.29) is 0 Å². The standard InChI is InChI=1S/C16H23NS/c1-5-16(3,4)10-11(2)14-12-8-6-7-9-13(12)17-15(14)18/h6-9,11,17-18H,5,10H2,1-4H3. The van der Waals surface area contributed by atoms with E-state index in [0.29, 0.717) is 11.3 Å². The molecule has 0 aliphatic rings. The maximum Gasteiger partial charge on any atom is 0.0736 e. The Morgan fingerprint density at radius 2 is 1.94 bits per heavy atom. The average Bonchev–Trinajstić information content (AvgIpc) is 2.64. The monoisotopic (exact) mass is 261 g/mol. The summed E-state index contributed by atoms with van der Waals surface area (Å²) in [7, 11) is 0. The van der Waals surface area contributed by atoms with Crippen LogP contribution in [0.2, 0.25) is 0 Å². The maximum atomic E-state index is 4.62. The fraction of sp³-hybridized carbons (Fsp3) is 0.500. The van der Waals surface area contributed by atoms with E-state index >= 15 is 0 Å². The van der Waals surface area contributed by atoms with Crippen LogP contribution in [0.4, 0.5) is 0 Å². The zero-order valence-corrected chi connectivity index (χ0v) is 12.6. The molecule has 1 aromatic carbocycles. The van der Waals surface area contributed by atoms with E-state index in [1.165, 1.54) is 29.3 Å². The number of benzene rings is 1. The second-order valence-electron chi connectivity index (χ2n) is 6.06. The molecule has 0 aliphatic heterocycles. The Balaban J connectivity index is 2.38. The van der Waals surface area contributed by atoms with E-state index in [1.54, 1.807) is 0 Å². The number of para-hydroxylation sites is 1. The maximum absolute atomic E-state index is 4.62. The van der Waals surface area contributed by atoms with Crippen molar-refractivity contribution in [3.63, 3.8) is 0 Å². The molecule has 0 saturated carbocycles. The van der Waals surface area contributed by atoms with Gasteiger partial charge >= 0.3 is 0 Å². The summed E-state index contributed by atoms with van der Waals surface area (Å²) in [5.41, 5.74) is 2.95. The number of thiol groups is 1. The zero-order chi connectivity index (χ0) is 13.3. The van der Waals surface area contributed by atoms with E-state index in [9.17, 15) is 0 Å². The molecule has 18 heavy (non-hydrogen) atoms. The number of hydrogen-bond acceptors (Lipinski definition) is 1. The first-order valence-electron chi connectivity index (χ1n) is 6.74. The summed E-state index contributed by atoms with van der Waals surface area (Å²) in [5, 5.41) is 2.34. The van der Waals surface area contributed by atoms with Crippen LogP contribution in [0.1, 0.15) is 52.0 Å². The van der Waals surface area contributed by atoms with Gasteiger partial charge in [-0.15, -0.1) is 12.6 Å². The molecule has 2 heteroatoms. The Hall–Kier alpha value is -0.890. The fourth-order valence-electron chi connectivity index (χ4n) is 2.72. The van der Waals surface area contributed by atoms with Crippen LogP contribution in [0, 0.1) is 5.41 Å². The third-order valence-corrected chi connectivity index (χ3v) is 4.39. The molecule has 1 aromatic heterocycles. The Bertz CT molecular complexity index is 539. The number of H-pyrrole nitrogens is 1. The van der Waals surface area contributed by atoms with Crippen LogP contribution in [0.3, 0.4) is 0 Å². The number of rotatable bonds is 4. The third kappa shape index (κ3) is 2.59. The highest BCUT2D eigenvalue weighted by molar-refractivity contribution is 7.80. The summed E-state index contributed by atoms with van der Waals surface area (Å²) in [6.45, 7) is 9.27. The molecular weight excluding hydrogens is 238 g/mol. The molecule has 0 aliphatic carbocycles. The number of aromatic amines is 1. The third-order valence-electron chi connectivity index (χ3n) is 4.03. The molecule has 2 aromatic rings. The Labute approximate surface area is 115 Å². The van der Waals surface area contributed by atoms with E-state index in [1.807, 2.05) is 0 Å². The van der Waals surface area contributed by atoms with Gasteiger partial charge in [-0.1, -0.05) is 52.3 Å². The first-order chi connectivity index (χ1) is 8.44. The van der Waals surface area contributed by atoms with E-state index in [4.69, 9.17) is 0 Å². The van der Waals surface area contributed by atoms with Crippen LogP contribution in [0.15, 0.2) is 29.3 Å². The summed E-state index contributed by atoms with van der Waals surface area (Å²) in [6, 6.07) is 8.48. The van der Waals surface area contributed by atoms with Crippen LogP contribution in [-0.2, 0) is 0 Å². The molecular formula is C16H23NS. The van der Waals surface area contributed by atoms with Gasteiger partial charge in [-0.2, -0.15) is 0 Å². The topological polar surface area (TPSA) is 15.8 Å². The van der Waals surface area contributed by atoms with Gasteiger partial charge in [0.25, 0.3) is 0 Å². The lowest BCUT2D eigenvalue weighted by Gasteiger charge is -2.26. The van der Waals surface area contributed by atoms with Crippen molar-refractivity contribution in [2.24, 2.45) is 5.41 Å². The largest absolute Gasteiger partial charge is 0.350 e. The molecule has 0 amide bonds. The summed E-state index contributed by atoms with van der Waals surface area (Å²) in [5.74, 6) is 0.531. The predicted molar refractivity (Wildman–Crippen MR) is 82.7 cm³/mol. The second kappa shape index (κ2) is 5.00. The van der Waals surface area contributed by atoms with E-state index < -0.39 is 0 Å². The quantitative estimate of drug-likeness (QED) is 0.687. The first-order valence-corrected chi connectivity index (χ1v) is 7.19. The van der Waals surface area contributed by atoms with E-state index in [0.717, 1.165) is 5.03 Å². The van der Waals surface area contributed by atoms with Crippen molar-refractivity contribution in [1.82, 2.24) is 4.98 Å². The van der Waals surface area contributed by atoms with Crippen LogP contribution in [0.5, 0.6) is 0 Å². The minimum Gasteiger partial charge on any atom is -0.350 e. The minimum atomic E-state index is 0.387. The molecule has 1 unspecified atom stereocenters. The lowest BCUT2D eigenvalue weighted by atomic mass is 9.79.